The van der Waals surface area contributed by atoms with Crippen LogP contribution in [0.15, 0.2) is 12.1 Å². The summed E-state index contributed by atoms with van der Waals surface area (Å²) in [4.78, 5) is 0. The zero-order valence-corrected chi connectivity index (χ0v) is 9.60. The van der Waals surface area contributed by atoms with Gasteiger partial charge in [0.2, 0.25) is 0 Å². The van der Waals surface area contributed by atoms with Crippen LogP contribution in [0.25, 0.3) is 0 Å². The highest BCUT2D eigenvalue weighted by atomic mass is 19.1. The van der Waals surface area contributed by atoms with Crippen LogP contribution in [0.4, 0.5) is 4.39 Å². The third-order valence-corrected chi connectivity index (χ3v) is 2.40. The summed E-state index contributed by atoms with van der Waals surface area (Å²) in [6.07, 6.45) is 0. The topological polar surface area (TPSA) is 29.5 Å². The van der Waals surface area contributed by atoms with Crippen molar-refractivity contribution in [1.29, 1.82) is 0 Å². The maximum atomic E-state index is 13.7. The highest BCUT2D eigenvalue weighted by Crippen LogP contribution is 2.28. The second-order valence-corrected chi connectivity index (χ2v) is 4.15. The lowest BCUT2D eigenvalue weighted by Gasteiger charge is -2.25. The Hall–Kier alpha value is -0.930. The van der Waals surface area contributed by atoms with E-state index in [0.717, 1.165) is 11.1 Å². The molecule has 0 bridgehead atoms. The van der Waals surface area contributed by atoms with E-state index in [1.54, 1.807) is 13.8 Å². The molecule has 0 saturated heterocycles. The molecule has 0 aliphatic rings. The van der Waals surface area contributed by atoms with E-state index in [-0.39, 0.29) is 12.4 Å². The fraction of sp³-hybridized carbons (Fsp3) is 0.500. The molecular formula is C12H17FO2. The molecule has 84 valence electrons. The molecule has 0 heterocycles. The molecule has 1 unspecified atom stereocenters. The van der Waals surface area contributed by atoms with Gasteiger partial charge < -0.3 is 9.84 Å². The molecule has 1 atom stereocenters. The van der Waals surface area contributed by atoms with Crippen LogP contribution in [0.3, 0.4) is 0 Å². The van der Waals surface area contributed by atoms with E-state index >= 15 is 0 Å². The van der Waals surface area contributed by atoms with Crippen LogP contribution in [0.1, 0.15) is 23.6 Å². The summed E-state index contributed by atoms with van der Waals surface area (Å²) in [5.41, 5.74) is 0.628. The molecule has 0 aromatic heterocycles. The monoisotopic (exact) mass is 212 g/mol. The fourth-order valence-electron chi connectivity index (χ4n) is 1.95. The zero-order valence-electron chi connectivity index (χ0n) is 9.60. The Kier molecular flexibility index (Phi) is 3.47. The Balaban J connectivity index is 3.24. The average Bonchev–Trinajstić information content (AvgIpc) is 1.99. The first-order valence-corrected chi connectivity index (χ1v) is 4.87. The summed E-state index contributed by atoms with van der Waals surface area (Å²) < 4.78 is 18.6. The third kappa shape index (κ3) is 2.55. The van der Waals surface area contributed by atoms with E-state index in [4.69, 9.17) is 4.74 Å². The third-order valence-electron chi connectivity index (χ3n) is 2.40. The fourth-order valence-corrected chi connectivity index (χ4v) is 1.95. The van der Waals surface area contributed by atoms with Gasteiger partial charge in [0, 0.05) is 12.7 Å². The largest absolute Gasteiger partial charge is 0.383 e. The van der Waals surface area contributed by atoms with Crippen LogP contribution < -0.4 is 0 Å². The van der Waals surface area contributed by atoms with Gasteiger partial charge in [-0.3, -0.25) is 0 Å². The van der Waals surface area contributed by atoms with Crippen LogP contribution in [0, 0.1) is 19.7 Å². The molecular weight excluding hydrogens is 195 g/mol. The summed E-state index contributed by atoms with van der Waals surface area (Å²) in [5, 5.41) is 10.1. The standard InChI is InChI=1S/C12H17FO2/c1-8-5-9(2)11(10(13)6-8)12(3,14)7-15-4/h5-6,14H,7H2,1-4H3. The minimum Gasteiger partial charge on any atom is -0.383 e. The van der Waals surface area contributed by atoms with Crippen molar-refractivity contribution in [1.82, 2.24) is 0 Å². The lowest BCUT2D eigenvalue weighted by Crippen LogP contribution is -2.29. The zero-order chi connectivity index (χ0) is 11.6. The lowest BCUT2D eigenvalue weighted by molar-refractivity contribution is -0.0236. The number of ether oxygens (including phenoxy) is 1. The van der Waals surface area contributed by atoms with Crippen LogP contribution in [0.5, 0.6) is 0 Å². The van der Waals surface area contributed by atoms with Gasteiger partial charge >= 0.3 is 0 Å². The molecule has 0 amide bonds. The van der Waals surface area contributed by atoms with Crippen molar-refractivity contribution in [3.05, 3.63) is 34.6 Å². The first-order chi connectivity index (χ1) is 6.88. The second-order valence-electron chi connectivity index (χ2n) is 4.15. The summed E-state index contributed by atoms with van der Waals surface area (Å²) in [5.74, 6) is -0.380. The average molecular weight is 212 g/mol. The van der Waals surface area contributed by atoms with Crippen molar-refractivity contribution in [3.63, 3.8) is 0 Å². The van der Waals surface area contributed by atoms with Gasteiger partial charge in [-0.15, -0.1) is 0 Å². The number of halogens is 1. The number of rotatable bonds is 3. The second kappa shape index (κ2) is 4.29. The van der Waals surface area contributed by atoms with Crippen molar-refractivity contribution < 1.29 is 14.2 Å². The maximum absolute atomic E-state index is 13.7. The first kappa shape index (κ1) is 12.1. The van der Waals surface area contributed by atoms with Gasteiger partial charge in [-0.25, -0.2) is 4.39 Å². The molecule has 15 heavy (non-hydrogen) atoms. The van der Waals surface area contributed by atoms with E-state index in [2.05, 4.69) is 0 Å². The Morgan fingerprint density at radius 3 is 2.47 bits per heavy atom. The van der Waals surface area contributed by atoms with Crippen LogP contribution >= 0.6 is 0 Å². The van der Waals surface area contributed by atoms with E-state index in [1.807, 2.05) is 13.0 Å². The van der Waals surface area contributed by atoms with Crippen molar-refractivity contribution in [3.8, 4) is 0 Å². The summed E-state index contributed by atoms with van der Waals surface area (Å²) >= 11 is 0. The molecule has 1 aromatic rings. The summed E-state index contributed by atoms with van der Waals surface area (Å²) in [6, 6.07) is 3.27. The van der Waals surface area contributed by atoms with Gasteiger partial charge in [0.05, 0.1) is 6.61 Å². The smallest absolute Gasteiger partial charge is 0.129 e. The van der Waals surface area contributed by atoms with E-state index in [0.29, 0.717) is 5.56 Å². The van der Waals surface area contributed by atoms with Crippen LogP contribution in [-0.4, -0.2) is 18.8 Å². The molecule has 1 aromatic carbocycles. The predicted octanol–water partition coefficient (Wildman–Crippen LogP) is 2.30. The number of benzene rings is 1. The minimum atomic E-state index is -1.28. The van der Waals surface area contributed by atoms with Crippen molar-refractivity contribution >= 4 is 0 Å². The van der Waals surface area contributed by atoms with E-state index in [9.17, 15) is 9.50 Å². The highest BCUT2D eigenvalue weighted by molar-refractivity contribution is 5.35. The normalized spacial score (nSPS) is 15.1. The molecule has 0 radical (unpaired) electrons. The van der Waals surface area contributed by atoms with E-state index < -0.39 is 5.60 Å². The van der Waals surface area contributed by atoms with Gasteiger partial charge in [0.25, 0.3) is 0 Å². The number of hydrogen-bond acceptors (Lipinski definition) is 2. The Morgan fingerprint density at radius 2 is 2.00 bits per heavy atom. The molecule has 0 fully saturated rings. The van der Waals surface area contributed by atoms with E-state index in [1.165, 1.54) is 13.2 Å². The quantitative estimate of drug-likeness (QED) is 0.833. The van der Waals surface area contributed by atoms with Crippen LogP contribution in [-0.2, 0) is 10.3 Å². The van der Waals surface area contributed by atoms with Crippen molar-refractivity contribution in [2.24, 2.45) is 0 Å². The van der Waals surface area contributed by atoms with Gasteiger partial charge in [-0.05, 0) is 38.0 Å². The van der Waals surface area contributed by atoms with Gasteiger partial charge in [-0.1, -0.05) is 6.07 Å². The number of methoxy groups -OCH3 is 1. The summed E-state index contributed by atoms with van der Waals surface area (Å²) in [7, 11) is 1.48. The van der Waals surface area contributed by atoms with Crippen molar-refractivity contribution in [2.45, 2.75) is 26.4 Å². The van der Waals surface area contributed by atoms with Crippen LogP contribution in [0.2, 0.25) is 0 Å². The molecule has 3 heteroatoms. The SMILES string of the molecule is COCC(C)(O)c1c(C)cc(C)cc1F. The van der Waals surface area contributed by atoms with Gasteiger partial charge in [0.15, 0.2) is 0 Å². The Bertz CT molecular complexity index is 336. The highest BCUT2D eigenvalue weighted by Gasteiger charge is 2.28. The molecule has 0 saturated carbocycles. The lowest BCUT2D eigenvalue weighted by atomic mass is 9.91. The molecule has 0 aliphatic carbocycles. The Morgan fingerprint density at radius 1 is 1.40 bits per heavy atom. The molecule has 1 N–H and O–H groups in total. The predicted molar refractivity (Wildman–Crippen MR) is 57.3 cm³/mol. The maximum Gasteiger partial charge on any atom is 0.129 e. The number of hydrogen-bond donors (Lipinski definition) is 1. The summed E-state index contributed by atoms with van der Waals surface area (Å²) in [6.45, 7) is 5.24. The first-order valence-electron chi connectivity index (χ1n) is 4.87. The van der Waals surface area contributed by atoms with Gasteiger partial charge in [-0.2, -0.15) is 0 Å². The minimum absolute atomic E-state index is 0.0772. The molecule has 2 nitrogen and oxygen atoms in total. The Labute approximate surface area is 89.7 Å². The number of aryl methyl sites for hydroxylation is 2. The molecule has 1 rings (SSSR count). The molecule has 0 spiro atoms. The molecule has 0 aliphatic heterocycles. The van der Waals surface area contributed by atoms with Crippen molar-refractivity contribution in [2.75, 3.05) is 13.7 Å². The van der Waals surface area contributed by atoms with Gasteiger partial charge in [0.1, 0.15) is 11.4 Å². The number of aliphatic hydroxyl groups is 1.